The molecule has 23 heavy (non-hydrogen) atoms. The van der Waals surface area contributed by atoms with Crippen LogP contribution in [-0.2, 0) is 4.79 Å². The molecule has 120 valence electrons. The minimum atomic E-state index is -0.544. The molecule has 6 heteroatoms. The Morgan fingerprint density at radius 2 is 1.87 bits per heavy atom. The first-order valence-corrected chi connectivity index (χ1v) is 7.35. The third kappa shape index (κ3) is 3.53. The Kier molecular flexibility index (Phi) is 4.32. The molecule has 3 rings (SSSR count). The zero-order valence-corrected chi connectivity index (χ0v) is 12.6. The Bertz CT molecular complexity index is 721. The molecule has 0 aromatic heterocycles. The Morgan fingerprint density at radius 1 is 1.13 bits per heavy atom. The van der Waals surface area contributed by atoms with Crippen LogP contribution in [0, 0.1) is 5.82 Å². The van der Waals surface area contributed by atoms with E-state index in [2.05, 4.69) is 10.6 Å². The molecule has 1 aliphatic rings. The van der Waals surface area contributed by atoms with Crippen molar-refractivity contribution in [1.29, 1.82) is 0 Å². The zero-order valence-electron chi connectivity index (χ0n) is 12.6. The van der Waals surface area contributed by atoms with Crippen LogP contribution in [0.25, 0.3) is 0 Å². The van der Waals surface area contributed by atoms with E-state index in [1.807, 2.05) is 0 Å². The van der Waals surface area contributed by atoms with Crippen molar-refractivity contribution >= 4 is 17.3 Å². The maximum atomic E-state index is 13.6. The number of halogens is 1. The minimum absolute atomic E-state index is 0.160. The summed E-state index contributed by atoms with van der Waals surface area (Å²) in [6.45, 7) is 2.73. The zero-order chi connectivity index (χ0) is 16.2. The predicted molar refractivity (Wildman–Crippen MR) is 85.5 cm³/mol. The standard InChI is InChI=1S/C17H17FN2O3/c1-11(17(21)20-14-5-3-2-4-13(14)18)19-12-6-7-15-16(10-12)23-9-8-22-15/h2-7,10-11,19H,8-9H2,1H3,(H,20,21)/t11-/m1/s1. The summed E-state index contributed by atoms with van der Waals surface area (Å²) in [6, 6.07) is 10.9. The molecule has 0 bridgehead atoms. The number of hydrogen-bond donors (Lipinski definition) is 2. The van der Waals surface area contributed by atoms with Crippen LogP contribution in [0.4, 0.5) is 15.8 Å². The normalized spacial score (nSPS) is 14.0. The summed E-state index contributed by atoms with van der Waals surface area (Å²) in [4.78, 5) is 12.2. The van der Waals surface area contributed by atoms with Gasteiger partial charge in [-0.3, -0.25) is 4.79 Å². The Morgan fingerprint density at radius 3 is 2.65 bits per heavy atom. The molecule has 2 N–H and O–H groups in total. The second kappa shape index (κ2) is 6.56. The smallest absolute Gasteiger partial charge is 0.246 e. The molecule has 1 heterocycles. The second-order valence-electron chi connectivity index (χ2n) is 5.19. The fraction of sp³-hybridized carbons (Fsp3) is 0.235. The molecule has 1 aliphatic heterocycles. The van der Waals surface area contributed by atoms with Crippen LogP contribution in [-0.4, -0.2) is 25.2 Å². The fourth-order valence-corrected chi connectivity index (χ4v) is 2.25. The van der Waals surface area contributed by atoms with Gasteiger partial charge in [0, 0.05) is 11.8 Å². The van der Waals surface area contributed by atoms with Crippen LogP contribution in [0.2, 0.25) is 0 Å². The van der Waals surface area contributed by atoms with Crippen LogP contribution >= 0.6 is 0 Å². The molecular formula is C17H17FN2O3. The molecule has 0 aliphatic carbocycles. The number of ether oxygens (including phenoxy) is 2. The summed E-state index contributed by atoms with van der Waals surface area (Å²) < 4.78 is 24.5. The van der Waals surface area contributed by atoms with Gasteiger partial charge in [0.05, 0.1) is 5.69 Å². The minimum Gasteiger partial charge on any atom is -0.486 e. The quantitative estimate of drug-likeness (QED) is 0.910. The van der Waals surface area contributed by atoms with Crippen molar-refractivity contribution in [1.82, 2.24) is 0 Å². The molecular weight excluding hydrogens is 299 g/mol. The summed E-state index contributed by atoms with van der Waals surface area (Å²) >= 11 is 0. The van der Waals surface area contributed by atoms with Gasteiger partial charge in [0.25, 0.3) is 0 Å². The fourth-order valence-electron chi connectivity index (χ4n) is 2.25. The van der Waals surface area contributed by atoms with E-state index in [1.165, 1.54) is 12.1 Å². The largest absolute Gasteiger partial charge is 0.486 e. The molecule has 0 radical (unpaired) electrons. The van der Waals surface area contributed by atoms with Crippen LogP contribution in [0.1, 0.15) is 6.92 Å². The highest BCUT2D eigenvalue weighted by Crippen LogP contribution is 2.32. The van der Waals surface area contributed by atoms with Gasteiger partial charge in [-0.05, 0) is 31.2 Å². The third-order valence-electron chi connectivity index (χ3n) is 3.45. The molecule has 0 saturated heterocycles. The van der Waals surface area contributed by atoms with E-state index in [9.17, 15) is 9.18 Å². The molecule has 2 aromatic rings. The monoisotopic (exact) mass is 316 g/mol. The van der Waals surface area contributed by atoms with Gasteiger partial charge in [0.1, 0.15) is 25.1 Å². The van der Waals surface area contributed by atoms with Crippen LogP contribution < -0.4 is 20.1 Å². The lowest BCUT2D eigenvalue weighted by atomic mass is 10.2. The van der Waals surface area contributed by atoms with Gasteiger partial charge in [-0.25, -0.2) is 4.39 Å². The predicted octanol–water partition coefficient (Wildman–Crippen LogP) is 3.04. The van der Waals surface area contributed by atoms with Gasteiger partial charge in [0.2, 0.25) is 5.91 Å². The topological polar surface area (TPSA) is 59.6 Å². The van der Waals surface area contributed by atoms with Crippen LogP contribution in [0.3, 0.4) is 0 Å². The average molecular weight is 316 g/mol. The van der Waals surface area contributed by atoms with Gasteiger partial charge < -0.3 is 20.1 Å². The maximum Gasteiger partial charge on any atom is 0.246 e. The molecule has 0 fully saturated rings. The number of rotatable bonds is 4. The first-order valence-electron chi connectivity index (χ1n) is 7.35. The van der Waals surface area contributed by atoms with Crippen molar-refractivity contribution in [3.05, 3.63) is 48.3 Å². The van der Waals surface area contributed by atoms with Crippen molar-refractivity contribution in [3.63, 3.8) is 0 Å². The molecule has 5 nitrogen and oxygen atoms in total. The number of carbonyl (C=O) groups is 1. The van der Waals surface area contributed by atoms with Gasteiger partial charge in [-0.2, -0.15) is 0 Å². The lowest BCUT2D eigenvalue weighted by Gasteiger charge is -2.20. The number of fused-ring (bicyclic) bond motifs is 1. The number of benzene rings is 2. The van der Waals surface area contributed by atoms with Crippen molar-refractivity contribution < 1.29 is 18.7 Å². The van der Waals surface area contributed by atoms with E-state index in [-0.39, 0.29) is 11.6 Å². The van der Waals surface area contributed by atoms with Crippen molar-refractivity contribution in [2.45, 2.75) is 13.0 Å². The number of nitrogens with one attached hydrogen (secondary N) is 2. The highest BCUT2D eigenvalue weighted by Gasteiger charge is 2.16. The summed E-state index contributed by atoms with van der Waals surface area (Å²) in [5.41, 5.74) is 0.888. The first kappa shape index (κ1) is 15.1. The summed E-state index contributed by atoms with van der Waals surface area (Å²) in [5.74, 6) is 0.533. The van der Waals surface area contributed by atoms with E-state index >= 15 is 0 Å². The number of carbonyl (C=O) groups excluding carboxylic acids is 1. The highest BCUT2D eigenvalue weighted by molar-refractivity contribution is 5.96. The van der Waals surface area contributed by atoms with E-state index in [0.717, 1.165) is 5.69 Å². The average Bonchev–Trinajstić information content (AvgIpc) is 2.56. The van der Waals surface area contributed by atoms with Crippen molar-refractivity contribution in [2.24, 2.45) is 0 Å². The maximum absolute atomic E-state index is 13.6. The number of para-hydroxylation sites is 1. The van der Waals surface area contributed by atoms with Gasteiger partial charge in [-0.1, -0.05) is 12.1 Å². The molecule has 0 unspecified atom stereocenters. The van der Waals surface area contributed by atoms with E-state index in [0.29, 0.717) is 24.7 Å². The number of hydrogen-bond acceptors (Lipinski definition) is 4. The molecule has 0 spiro atoms. The Balaban J connectivity index is 1.65. The summed E-state index contributed by atoms with van der Waals surface area (Å²) in [5, 5.41) is 5.62. The van der Waals surface area contributed by atoms with Crippen LogP contribution in [0.15, 0.2) is 42.5 Å². The van der Waals surface area contributed by atoms with Gasteiger partial charge >= 0.3 is 0 Å². The number of amides is 1. The SMILES string of the molecule is C[C@@H](Nc1ccc2c(c1)OCCO2)C(=O)Nc1ccccc1F. The first-order chi connectivity index (χ1) is 11.1. The summed E-state index contributed by atoms with van der Waals surface area (Å²) in [7, 11) is 0. The molecule has 0 saturated carbocycles. The lowest BCUT2D eigenvalue weighted by molar-refractivity contribution is -0.116. The summed E-state index contributed by atoms with van der Waals surface area (Å²) in [6.07, 6.45) is 0. The van der Waals surface area contributed by atoms with Crippen molar-refractivity contribution in [2.75, 3.05) is 23.8 Å². The second-order valence-corrected chi connectivity index (χ2v) is 5.19. The van der Waals surface area contributed by atoms with E-state index in [4.69, 9.17) is 9.47 Å². The van der Waals surface area contributed by atoms with Crippen molar-refractivity contribution in [3.8, 4) is 11.5 Å². The molecule has 1 amide bonds. The molecule has 1 atom stereocenters. The Hall–Kier alpha value is -2.76. The van der Waals surface area contributed by atoms with Crippen LogP contribution in [0.5, 0.6) is 11.5 Å². The number of anilines is 2. The highest BCUT2D eigenvalue weighted by atomic mass is 19.1. The lowest BCUT2D eigenvalue weighted by Crippen LogP contribution is -2.32. The van der Waals surface area contributed by atoms with Gasteiger partial charge in [0.15, 0.2) is 11.5 Å². The molecule has 2 aromatic carbocycles. The van der Waals surface area contributed by atoms with E-state index < -0.39 is 11.9 Å². The van der Waals surface area contributed by atoms with E-state index in [1.54, 1.807) is 37.3 Å². The third-order valence-corrected chi connectivity index (χ3v) is 3.45. The van der Waals surface area contributed by atoms with Gasteiger partial charge in [-0.15, -0.1) is 0 Å². The Labute approximate surface area is 133 Å².